The van der Waals surface area contributed by atoms with Crippen LogP contribution in [0.25, 0.3) is 11.3 Å². The van der Waals surface area contributed by atoms with Crippen LogP contribution < -0.4 is 19.7 Å². The van der Waals surface area contributed by atoms with E-state index in [1.165, 1.54) is 0 Å². The molecule has 39 heavy (non-hydrogen) atoms. The Hall–Kier alpha value is -4.62. The number of hydrogen-bond acceptors (Lipinski definition) is 5. The number of ether oxygens (including phenoxy) is 2. The van der Waals surface area contributed by atoms with Gasteiger partial charge in [-0.2, -0.15) is 0 Å². The minimum atomic E-state index is -0.246. The van der Waals surface area contributed by atoms with Crippen LogP contribution in [-0.4, -0.2) is 16.7 Å². The van der Waals surface area contributed by atoms with E-state index in [4.69, 9.17) is 26.1 Å². The third kappa shape index (κ3) is 5.22. The third-order valence-electron chi connectivity index (χ3n) is 6.56. The maximum atomic E-state index is 6.47. The first kappa shape index (κ1) is 24.7. The highest BCUT2D eigenvalue weighted by atomic mass is 32.1. The van der Waals surface area contributed by atoms with Gasteiger partial charge in [-0.15, -0.1) is 0 Å². The maximum Gasteiger partial charge on any atom is 0.174 e. The van der Waals surface area contributed by atoms with E-state index >= 15 is 0 Å². The number of benzene rings is 3. The second-order valence-corrected chi connectivity index (χ2v) is 9.45. The van der Waals surface area contributed by atoms with E-state index in [1.807, 2.05) is 116 Å². The third-order valence-corrected chi connectivity index (χ3v) is 6.87. The van der Waals surface area contributed by atoms with Gasteiger partial charge in [0.1, 0.15) is 34.8 Å². The van der Waals surface area contributed by atoms with Crippen LogP contribution in [0, 0.1) is 0 Å². The largest absolute Gasteiger partial charge is 0.494 e. The van der Waals surface area contributed by atoms with Crippen molar-refractivity contribution in [3.05, 3.63) is 127 Å². The van der Waals surface area contributed by atoms with Gasteiger partial charge in [-0.1, -0.05) is 24.3 Å². The summed E-state index contributed by atoms with van der Waals surface area (Å²) in [6.07, 6.45) is 1.79. The molecule has 1 aliphatic rings. The van der Waals surface area contributed by atoms with Crippen LogP contribution in [0.1, 0.15) is 30.5 Å². The smallest absolute Gasteiger partial charge is 0.174 e. The number of nitrogens with one attached hydrogen (secondary N) is 1. The average molecular weight is 534 g/mol. The van der Waals surface area contributed by atoms with E-state index in [0.29, 0.717) is 11.7 Å². The highest BCUT2D eigenvalue weighted by Gasteiger charge is 2.42. The fourth-order valence-electron chi connectivity index (χ4n) is 4.77. The lowest BCUT2D eigenvalue weighted by Gasteiger charge is -2.26. The van der Waals surface area contributed by atoms with Crippen LogP contribution in [0.4, 0.5) is 5.69 Å². The van der Waals surface area contributed by atoms with E-state index in [9.17, 15) is 0 Å². The first-order chi connectivity index (χ1) is 19.2. The second kappa shape index (κ2) is 11.0. The number of aromatic nitrogens is 1. The molecule has 0 bridgehead atoms. The van der Waals surface area contributed by atoms with E-state index in [0.717, 1.165) is 45.7 Å². The Morgan fingerprint density at radius 1 is 0.821 bits per heavy atom. The Kier molecular flexibility index (Phi) is 6.97. The number of hydrogen-bond donors (Lipinski definition) is 1. The van der Waals surface area contributed by atoms with Crippen molar-refractivity contribution in [2.24, 2.45) is 0 Å². The van der Waals surface area contributed by atoms with Gasteiger partial charge in [0.25, 0.3) is 0 Å². The topological polar surface area (TPSA) is 59.8 Å². The van der Waals surface area contributed by atoms with Crippen molar-refractivity contribution in [1.82, 2.24) is 10.3 Å². The Labute approximate surface area is 232 Å². The summed E-state index contributed by atoms with van der Waals surface area (Å²) in [5, 5.41) is 4.08. The summed E-state index contributed by atoms with van der Waals surface area (Å²) in [4.78, 5) is 6.71. The van der Waals surface area contributed by atoms with Crippen molar-refractivity contribution in [2.45, 2.75) is 19.0 Å². The number of pyridine rings is 1. The molecule has 2 atom stereocenters. The standard InChI is InChI=1S/C32H27N3O3S/c1-2-36-24-15-11-22(12-16-24)28-19-20-29(38-28)31-30(27-10-6-7-21-33-27)34-32(39)35(31)23-13-17-26(18-14-23)37-25-8-4-3-5-9-25/h3-21,30-31H,2H2,1H3,(H,34,39)/t30-,31+/m0/s1. The van der Waals surface area contributed by atoms with Gasteiger partial charge in [0, 0.05) is 17.4 Å². The number of rotatable bonds is 8. The molecule has 1 aliphatic heterocycles. The zero-order chi connectivity index (χ0) is 26.6. The lowest BCUT2D eigenvalue weighted by atomic mass is 10.0. The summed E-state index contributed by atoms with van der Waals surface area (Å²) in [5.41, 5.74) is 2.78. The summed E-state index contributed by atoms with van der Waals surface area (Å²) >= 11 is 5.85. The van der Waals surface area contributed by atoms with Crippen molar-refractivity contribution in [1.29, 1.82) is 0 Å². The number of furan rings is 1. The Balaban J connectivity index is 1.33. The minimum Gasteiger partial charge on any atom is -0.494 e. The summed E-state index contributed by atoms with van der Waals surface area (Å²) in [7, 11) is 0. The Morgan fingerprint density at radius 2 is 1.54 bits per heavy atom. The molecule has 5 aromatic rings. The molecular formula is C32H27N3O3S. The van der Waals surface area contributed by atoms with Crippen LogP contribution in [0.5, 0.6) is 17.2 Å². The predicted octanol–water partition coefficient (Wildman–Crippen LogP) is 7.71. The second-order valence-electron chi connectivity index (χ2n) is 9.07. The van der Waals surface area contributed by atoms with Crippen LogP contribution in [0.3, 0.4) is 0 Å². The monoisotopic (exact) mass is 533 g/mol. The zero-order valence-electron chi connectivity index (χ0n) is 21.4. The molecule has 1 saturated heterocycles. The van der Waals surface area contributed by atoms with E-state index in [-0.39, 0.29) is 12.1 Å². The zero-order valence-corrected chi connectivity index (χ0v) is 22.2. The number of para-hydroxylation sites is 1. The number of thiocarbonyl (C=S) groups is 1. The van der Waals surface area contributed by atoms with Crippen molar-refractivity contribution in [3.63, 3.8) is 0 Å². The number of anilines is 1. The average Bonchev–Trinajstić information content (AvgIpc) is 3.60. The Morgan fingerprint density at radius 3 is 2.26 bits per heavy atom. The van der Waals surface area contributed by atoms with Crippen LogP contribution >= 0.6 is 12.2 Å². The molecule has 194 valence electrons. The van der Waals surface area contributed by atoms with Gasteiger partial charge in [0.05, 0.1) is 18.3 Å². The van der Waals surface area contributed by atoms with Crippen molar-refractivity contribution < 1.29 is 13.9 Å². The quantitative estimate of drug-likeness (QED) is 0.205. The summed E-state index contributed by atoms with van der Waals surface area (Å²) < 4.78 is 18.1. The van der Waals surface area contributed by atoms with Gasteiger partial charge in [-0.3, -0.25) is 4.98 Å². The highest BCUT2D eigenvalue weighted by molar-refractivity contribution is 7.80. The number of nitrogens with zero attached hydrogens (tertiary/aromatic N) is 2. The van der Waals surface area contributed by atoms with Gasteiger partial charge in [-0.25, -0.2) is 0 Å². The highest BCUT2D eigenvalue weighted by Crippen LogP contribution is 2.43. The molecule has 0 radical (unpaired) electrons. The van der Waals surface area contributed by atoms with Gasteiger partial charge >= 0.3 is 0 Å². The van der Waals surface area contributed by atoms with E-state index < -0.39 is 0 Å². The molecule has 0 unspecified atom stereocenters. The molecule has 2 aromatic heterocycles. The molecular weight excluding hydrogens is 506 g/mol. The first-order valence-electron chi connectivity index (χ1n) is 12.9. The summed E-state index contributed by atoms with van der Waals surface area (Å²) in [5.74, 6) is 3.92. The van der Waals surface area contributed by atoms with Gasteiger partial charge < -0.3 is 24.1 Å². The molecule has 0 saturated carbocycles. The molecule has 0 amide bonds. The fraction of sp³-hybridized carbons (Fsp3) is 0.125. The molecule has 3 heterocycles. The van der Waals surface area contributed by atoms with Crippen LogP contribution in [0.2, 0.25) is 0 Å². The summed E-state index contributed by atoms with van der Waals surface area (Å²) in [6.45, 7) is 2.60. The molecule has 0 aliphatic carbocycles. The van der Waals surface area contributed by atoms with Crippen LogP contribution in [-0.2, 0) is 0 Å². The fourth-order valence-corrected chi connectivity index (χ4v) is 5.12. The molecule has 7 heteroatoms. The van der Waals surface area contributed by atoms with Gasteiger partial charge in [0.2, 0.25) is 0 Å². The van der Waals surface area contributed by atoms with Crippen molar-refractivity contribution >= 4 is 23.0 Å². The molecule has 6 nitrogen and oxygen atoms in total. The maximum absolute atomic E-state index is 6.47. The minimum absolute atomic E-state index is 0.196. The Bertz CT molecular complexity index is 1540. The normalized spacial score (nSPS) is 16.6. The lowest BCUT2D eigenvalue weighted by Crippen LogP contribution is -2.29. The van der Waals surface area contributed by atoms with Crippen molar-refractivity contribution in [2.75, 3.05) is 11.5 Å². The van der Waals surface area contributed by atoms with E-state index in [2.05, 4.69) is 15.2 Å². The predicted molar refractivity (Wildman–Crippen MR) is 156 cm³/mol. The lowest BCUT2D eigenvalue weighted by molar-refractivity contribution is 0.340. The van der Waals surface area contributed by atoms with Crippen LogP contribution in [0.15, 0.2) is 120 Å². The van der Waals surface area contributed by atoms with Crippen molar-refractivity contribution in [3.8, 4) is 28.6 Å². The van der Waals surface area contributed by atoms with Gasteiger partial charge in [0.15, 0.2) is 5.11 Å². The summed E-state index contributed by atoms with van der Waals surface area (Å²) in [6, 6.07) is 35.0. The van der Waals surface area contributed by atoms with E-state index in [1.54, 1.807) is 6.20 Å². The molecule has 1 fully saturated rings. The SMILES string of the molecule is CCOc1ccc(-c2ccc([C@@H]3[C@H](c4ccccn4)NC(=S)N3c3ccc(Oc4ccccc4)cc3)o2)cc1. The molecule has 3 aromatic carbocycles. The van der Waals surface area contributed by atoms with Gasteiger partial charge in [-0.05, 0) is 104 Å². The molecule has 1 N–H and O–H groups in total. The molecule has 6 rings (SSSR count). The molecule has 0 spiro atoms. The first-order valence-corrected chi connectivity index (χ1v) is 13.3.